The van der Waals surface area contributed by atoms with E-state index < -0.39 is 17.7 Å². The number of rotatable bonds is 5. The van der Waals surface area contributed by atoms with E-state index in [1.807, 2.05) is 13.0 Å². The summed E-state index contributed by atoms with van der Waals surface area (Å²) in [6, 6.07) is 11.1. The fourth-order valence-electron chi connectivity index (χ4n) is 3.56. The van der Waals surface area contributed by atoms with E-state index in [4.69, 9.17) is 0 Å². The van der Waals surface area contributed by atoms with Crippen molar-refractivity contribution < 1.29 is 13.6 Å². The van der Waals surface area contributed by atoms with Gasteiger partial charge < -0.3 is 20.9 Å². The largest absolute Gasteiger partial charge is 0.341 e. The van der Waals surface area contributed by atoms with Gasteiger partial charge in [-0.3, -0.25) is 0 Å². The molecule has 0 bridgehead atoms. The fourth-order valence-corrected chi connectivity index (χ4v) is 3.56. The van der Waals surface area contributed by atoms with E-state index >= 15 is 0 Å². The molecule has 1 fully saturated rings. The summed E-state index contributed by atoms with van der Waals surface area (Å²) in [5.41, 5.74) is 2.23. The van der Waals surface area contributed by atoms with Gasteiger partial charge in [-0.2, -0.15) is 4.98 Å². The Bertz CT molecular complexity index is 1080. The number of aromatic nitrogens is 2. The molecule has 1 aliphatic rings. The van der Waals surface area contributed by atoms with Crippen molar-refractivity contribution in [3.8, 4) is 0 Å². The Morgan fingerprint density at radius 1 is 0.844 bits per heavy atom. The van der Waals surface area contributed by atoms with E-state index in [0.29, 0.717) is 11.5 Å². The monoisotopic (exact) mass is 438 g/mol. The Balaban J connectivity index is 1.38. The number of amides is 2. The Hall–Kier alpha value is -3.75. The number of hydrogen-bond acceptors (Lipinski definition) is 5. The zero-order chi connectivity index (χ0) is 22.5. The first-order valence-corrected chi connectivity index (χ1v) is 10.5. The summed E-state index contributed by atoms with van der Waals surface area (Å²) in [6.07, 6.45) is 3.54. The van der Waals surface area contributed by atoms with Crippen LogP contribution in [0.3, 0.4) is 0 Å². The molecule has 1 aliphatic heterocycles. The third-order valence-corrected chi connectivity index (χ3v) is 5.02. The van der Waals surface area contributed by atoms with E-state index in [9.17, 15) is 13.6 Å². The second-order valence-electron chi connectivity index (χ2n) is 7.68. The van der Waals surface area contributed by atoms with E-state index in [0.717, 1.165) is 61.5 Å². The number of piperidine rings is 1. The van der Waals surface area contributed by atoms with Crippen LogP contribution in [-0.2, 0) is 0 Å². The zero-order valence-electron chi connectivity index (χ0n) is 17.7. The highest BCUT2D eigenvalue weighted by atomic mass is 19.1. The Morgan fingerprint density at radius 2 is 1.47 bits per heavy atom. The number of anilines is 5. The number of carbonyl (C=O) groups is 1. The van der Waals surface area contributed by atoms with Crippen molar-refractivity contribution in [2.75, 3.05) is 33.9 Å². The molecule has 3 aromatic rings. The Kier molecular flexibility index (Phi) is 6.44. The highest BCUT2D eigenvalue weighted by molar-refractivity contribution is 5.99. The molecule has 2 aromatic carbocycles. The van der Waals surface area contributed by atoms with Gasteiger partial charge in [-0.05, 0) is 62.6 Å². The van der Waals surface area contributed by atoms with Crippen LogP contribution in [0.15, 0.2) is 48.5 Å². The molecule has 0 radical (unpaired) electrons. The number of hydrogen-bond donors (Lipinski definition) is 3. The van der Waals surface area contributed by atoms with Crippen LogP contribution in [0.1, 0.15) is 25.0 Å². The standard InChI is InChI=1S/C23H24F2N6O/c1-15-11-21(30-22(26-15)31-9-3-2-4-10-31)27-18-5-7-19(8-6-18)28-23(32)29-20-13-16(24)12-17(25)14-20/h5-8,11-14H,2-4,9-10H2,1H3,(H,26,27,30)(H2,28,29,32). The minimum atomic E-state index is -0.765. The van der Waals surface area contributed by atoms with Crippen LogP contribution in [0.5, 0.6) is 0 Å². The van der Waals surface area contributed by atoms with Crippen molar-refractivity contribution in [2.45, 2.75) is 26.2 Å². The lowest BCUT2D eigenvalue weighted by molar-refractivity contribution is 0.262. The smallest absolute Gasteiger partial charge is 0.323 e. The van der Waals surface area contributed by atoms with E-state index in [1.165, 1.54) is 6.42 Å². The number of urea groups is 1. The second kappa shape index (κ2) is 9.59. The molecule has 0 unspecified atom stereocenters. The number of halogens is 2. The summed E-state index contributed by atoms with van der Waals surface area (Å²) in [5, 5.41) is 8.30. The topological polar surface area (TPSA) is 82.2 Å². The molecule has 3 N–H and O–H groups in total. The van der Waals surface area contributed by atoms with Gasteiger partial charge in [0.15, 0.2) is 0 Å². The predicted molar refractivity (Wildman–Crippen MR) is 122 cm³/mol. The minimum absolute atomic E-state index is 0.0296. The summed E-state index contributed by atoms with van der Waals surface area (Å²) < 4.78 is 26.5. The van der Waals surface area contributed by atoms with Gasteiger partial charge in [-0.25, -0.2) is 18.6 Å². The van der Waals surface area contributed by atoms with Crippen LogP contribution >= 0.6 is 0 Å². The summed E-state index contributed by atoms with van der Waals surface area (Å²) in [7, 11) is 0. The van der Waals surface area contributed by atoms with Crippen molar-refractivity contribution in [3.63, 3.8) is 0 Å². The van der Waals surface area contributed by atoms with Gasteiger partial charge in [0.2, 0.25) is 5.95 Å². The van der Waals surface area contributed by atoms with E-state index in [2.05, 4.69) is 30.8 Å². The van der Waals surface area contributed by atoms with E-state index in [1.54, 1.807) is 24.3 Å². The molecule has 1 aromatic heterocycles. The molecule has 1 saturated heterocycles. The van der Waals surface area contributed by atoms with E-state index in [-0.39, 0.29) is 5.69 Å². The molecule has 0 atom stereocenters. The van der Waals surface area contributed by atoms with Crippen LogP contribution in [0.4, 0.5) is 42.4 Å². The quantitative estimate of drug-likeness (QED) is 0.494. The molecular formula is C23H24F2N6O. The van der Waals surface area contributed by atoms with Crippen LogP contribution in [-0.4, -0.2) is 29.1 Å². The fraction of sp³-hybridized carbons (Fsp3) is 0.261. The normalized spacial score (nSPS) is 13.5. The Labute approximate surface area is 184 Å². The van der Waals surface area contributed by atoms with Crippen molar-refractivity contribution in [2.24, 2.45) is 0 Å². The lowest BCUT2D eigenvalue weighted by Crippen LogP contribution is -2.31. The highest BCUT2D eigenvalue weighted by Gasteiger charge is 2.15. The molecule has 4 rings (SSSR count). The number of nitrogens with one attached hydrogen (secondary N) is 3. The van der Waals surface area contributed by atoms with Gasteiger partial charge in [0.25, 0.3) is 0 Å². The first-order valence-electron chi connectivity index (χ1n) is 10.5. The van der Waals surface area contributed by atoms with Crippen molar-refractivity contribution >= 4 is 34.9 Å². The SMILES string of the molecule is Cc1cc(Nc2ccc(NC(=O)Nc3cc(F)cc(F)c3)cc2)nc(N2CCCCC2)n1. The van der Waals surface area contributed by atoms with Gasteiger partial charge in [-0.1, -0.05) is 0 Å². The van der Waals surface area contributed by atoms with Crippen LogP contribution < -0.4 is 20.9 Å². The summed E-state index contributed by atoms with van der Waals surface area (Å²) in [5.74, 6) is -0.0983. The van der Waals surface area contributed by atoms with Gasteiger partial charge in [0.1, 0.15) is 17.5 Å². The third kappa shape index (κ3) is 5.69. The van der Waals surface area contributed by atoms with Crippen LogP contribution in [0.2, 0.25) is 0 Å². The average molecular weight is 438 g/mol. The lowest BCUT2D eigenvalue weighted by Gasteiger charge is -2.27. The summed E-state index contributed by atoms with van der Waals surface area (Å²) in [4.78, 5) is 23.5. The molecule has 166 valence electrons. The number of carbonyl (C=O) groups excluding carboxylic acids is 1. The van der Waals surface area contributed by atoms with Gasteiger partial charge in [0.05, 0.1) is 0 Å². The molecule has 9 heteroatoms. The second-order valence-corrected chi connectivity index (χ2v) is 7.68. The Morgan fingerprint density at radius 3 is 2.16 bits per heavy atom. The first-order chi connectivity index (χ1) is 15.4. The molecule has 2 amide bonds. The van der Waals surface area contributed by atoms with Gasteiger partial charge >= 0.3 is 6.03 Å². The van der Waals surface area contributed by atoms with Crippen molar-refractivity contribution in [1.82, 2.24) is 9.97 Å². The average Bonchev–Trinajstić information content (AvgIpc) is 2.74. The predicted octanol–water partition coefficient (Wildman–Crippen LogP) is 5.44. The maximum absolute atomic E-state index is 13.3. The van der Waals surface area contributed by atoms with Gasteiger partial charge in [-0.15, -0.1) is 0 Å². The van der Waals surface area contributed by atoms with Crippen molar-refractivity contribution in [1.29, 1.82) is 0 Å². The molecule has 0 saturated carbocycles. The zero-order valence-corrected chi connectivity index (χ0v) is 17.7. The molecule has 2 heterocycles. The van der Waals surface area contributed by atoms with Crippen LogP contribution in [0, 0.1) is 18.6 Å². The van der Waals surface area contributed by atoms with Crippen LogP contribution in [0.25, 0.3) is 0 Å². The third-order valence-electron chi connectivity index (χ3n) is 5.02. The summed E-state index contributed by atoms with van der Waals surface area (Å²) >= 11 is 0. The molecule has 7 nitrogen and oxygen atoms in total. The molecule has 0 aliphatic carbocycles. The first kappa shape index (κ1) is 21.5. The maximum atomic E-state index is 13.3. The van der Waals surface area contributed by atoms with Crippen molar-refractivity contribution in [3.05, 3.63) is 65.9 Å². The number of nitrogens with zero attached hydrogens (tertiary/aromatic N) is 3. The summed E-state index contributed by atoms with van der Waals surface area (Å²) in [6.45, 7) is 3.87. The highest BCUT2D eigenvalue weighted by Crippen LogP contribution is 2.22. The lowest BCUT2D eigenvalue weighted by atomic mass is 10.1. The number of aryl methyl sites for hydroxylation is 1. The molecule has 32 heavy (non-hydrogen) atoms. The number of benzene rings is 2. The van der Waals surface area contributed by atoms with Gasteiger partial charge in [0, 0.05) is 48.0 Å². The molecule has 0 spiro atoms. The maximum Gasteiger partial charge on any atom is 0.323 e. The minimum Gasteiger partial charge on any atom is -0.341 e. The molecular weight excluding hydrogens is 414 g/mol.